The molecule has 1 amide bonds. The van der Waals surface area contributed by atoms with Crippen LogP contribution in [0.2, 0.25) is 0 Å². The van der Waals surface area contributed by atoms with Gasteiger partial charge in [-0.25, -0.2) is 13.4 Å². The normalized spacial score (nSPS) is 14.8. The van der Waals surface area contributed by atoms with Gasteiger partial charge in [0.1, 0.15) is 11.9 Å². The van der Waals surface area contributed by atoms with E-state index in [-0.39, 0.29) is 16.7 Å². The number of piperidine rings is 1. The van der Waals surface area contributed by atoms with Crippen LogP contribution in [0.4, 0.5) is 11.5 Å². The monoisotopic (exact) mass is 469 g/mol. The number of aromatic nitrogens is 1. The van der Waals surface area contributed by atoms with E-state index in [2.05, 4.69) is 21.3 Å². The fourth-order valence-corrected chi connectivity index (χ4v) is 5.63. The van der Waals surface area contributed by atoms with Crippen molar-refractivity contribution in [3.63, 3.8) is 0 Å². The molecule has 33 heavy (non-hydrogen) atoms. The topological polar surface area (TPSA) is 106 Å². The fourth-order valence-electron chi connectivity index (χ4n) is 4.06. The number of anilines is 2. The van der Waals surface area contributed by atoms with Crippen molar-refractivity contribution in [3.05, 3.63) is 47.2 Å². The number of nitriles is 1. The van der Waals surface area contributed by atoms with Crippen LogP contribution in [-0.2, 0) is 14.8 Å². The van der Waals surface area contributed by atoms with Crippen molar-refractivity contribution in [1.82, 2.24) is 9.29 Å². The van der Waals surface area contributed by atoms with Gasteiger partial charge in [0.25, 0.3) is 0 Å². The molecule has 1 N–H and O–H groups in total. The molecule has 0 radical (unpaired) electrons. The molecule has 2 heterocycles. The van der Waals surface area contributed by atoms with Gasteiger partial charge in [0.15, 0.2) is 0 Å². The standard InChI is InChI=1S/C24H31N5O3S/c1-5-29(6-2)33(31,32)21-13-17(3)18(4)22(14-21)27-24(30)20-9-11-28(12-10-20)23-8-7-19(15-25)16-26-23/h7-8,13-14,16,20H,5-6,9-12H2,1-4H3,(H,27,30). The van der Waals surface area contributed by atoms with Gasteiger partial charge in [0.2, 0.25) is 15.9 Å². The van der Waals surface area contributed by atoms with Crippen LogP contribution in [0.15, 0.2) is 35.4 Å². The Morgan fingerprint density at radius 1 is 1.21 bits per heavy atom. The third-order valence-corrected chi connectivity index (χ3v) is 8.34. The van der Waals surface area contributed by atoms with Gasteiger partial charge in [0, 0.05) is 44.0 Å². The molecule has 3 rings (SSSR count). The predicted molar refractivity (Wildman–Crippen MR) is 129 cm³/mol. The smallest absolute Gasteiger partial charge is 0.243 e. The second kappa shape index (κ2) is 10.3. The van der Waals surface area contributed by atoms with Gasteiger partial charge >= 0.3 is 0 Å². The molecule has 0 bridgehead atoms. The highest BCUT2D eigenvalue weighted by Gasteiger charge is 2.27. The molecule has 1 aliphatic rings. The Bertz CT molecular complexity index is 1140. The van der Waals surface area contributed by atoms with E-state index in [1.165, 1.54) is 4.31 Å². The number of aryl methyl sites for hydroxylation is 1. The molecule has 2 aromatic rings. The summed E-state index contributed by atoms with van der Waals surface area (Å²) in [4.78, 5) is 19.7. The number of amides is 1. The van der Waals surface area contributed by atoms with E-state index in [9.17, 15) is 13.2 Å². The maximum absolute atomic E-state index is 13.0. The number of rotatable bonds is 7. The highest BCUT2D eigenvalue weighted by Crippen LogP contribution is 2.28. The molecular weight excluding hydrogens is 438 g/mol. The van der Waals surface area contributed by atoms with Crippen LogP contribution in [-0.4, -0.2) is 49.8 Å². The number of hydrogen-bond donors (Lipinski definition) is 1. The van der Waals surface area contributed by atoms with Crippen LogP contribution in [0.1, 0.15) is 43.4 Å². The molecule has 0 unspecified atom stereocenters. The third kappa shape index (κ3) is 5.34. The maximum Gasteiger partial charge on any atom is 0.243 e. The van der Waals surface area contributed by atoms with Crippen molar-refractivity contribution in [2.45, 2.75) is 45.4 Å². The number of carbonyl (C=O) groups excluding carboxylic acids is 1. The summed E-state index contributed by atoms with van der Waals surface area (Å²) in [6, 6.07) is 8.87. The first kappa shape index (κ1) is 24.7. The summed E-state index contributed by atoms with van der Waals surface area (Å²) < 4.78 is 27.4. The van der Waals surface area contributed by atoms with Crippen molar-refractivity contribution >= 4 is 27.4 Å². The summed E-state index contributed by atoms with van der Waals surface area (Å²) in [6.07, 6.45) is 2.89. The van der Waals surface area contributed by atoms with Crippen LogP contribution in [0.5, 0.6) is 0 Å². The van der Waals surface area contributed by atoms with Gasteiger partial charge in [-0.1, -0.05) is 13.8 Å². The first-order valence-corrected chi connectivity index (χ1v) is 12.7. The molecule has 0 saturated carbocycles. The molecule has 1 fully saturated rings. The van der Waals surface area contributed by atoms with Gasteiger partial charge in [-0.2, -0.15) is 9.57 Å². The quantitative estimate of drug-likeness (QED) is 0.666. The average molecular weight is 470 g/mol. The zero-order valence-corrected chi connectivity index (χ0v) is 20.4. The summed E-state index contributed by atoms with van der Waals surface area (Å²) >= 11 is 0. The predicted octanol–water partition coefficient (Wildman–Crippen LogP) is 3.46. The van der Waals surface area contributed by atoms with Crippen molar-refractivity contribution in [2.75, 3.05) is 36.4 Å². The molecule has 8 nitrogen and oxygen atoms in total. The third-order valence-electron chi connectivity index (χ3n) is 6.31. The van der Waals surface area contributed by atoms with E-state index in [1.807, 2.05) is 33.8 Å². The maximum atomic E-state index is 13.0. The van der Waals surface area contributed by atoms with E-state index in [4.69, 9.17) is 5.26 Å². The molecule has 0 spiro atoms. The lowest BCUT2D eigenvalue weighted by Gasteiger charge is -2.32. The Kier molecular flexibility index (Phi) is 7.72. The van der Waals surface area contributed by atoms with E-state index < -0.39 is 10.0 Å². The van der Waals surface area contributed by atoms with Gasteiger partial charge < -0.3 is 10.2 Å². The molecule has 1 aliphatic heterocycles. The highest BCUT2D eigenvalue weighted by atomic mass is 32.2. The molecule has 9 heteroatoms. The minimum atomic E-state index is -3.62. The Labute approximate surface area is 196 Å². The van der Waals surface area contributed by atoms with Crippen LogP contribution < -0.4 is 10.2 Å². The van der Waals surface area contributed by atoms with Gasteiger partial charge in [-0.05, 0) is 62.1 Å². The molecule has 176 valence electrons. The second-order valence-corrected chi connectivity index (χ2v) is 10.2. The van der Waals surface area contributed by atoms with E-state index in [0.717, 1.165) is 16.9 Å². The first-order valence-electron chi connectivity index (χ1n) is 11.2. The van der Waals surface area contributed by atoms with Crippen LogP contribution in [0.3, 0.4) is 0 Å². The fraction of sp³-hybridized carbons (Fsp3) is 0.458. The van der Waals surface area contributed by atoms with E-state index in [1.54, 1.807) is 24.4 Å². The molecular formula is C24H31N5O3S. The minimum absolute atomic E-state index is 0.0951. The SMILES string of the molecule is CCN(CC)S(=O)(=O)c1cc(C)c(C)c(NC(=O)C2CCN(c3ccc(C#N)cn3)CC2)c1. The highest BCUT2D eigenvalue weighted by molar-refractivity contribution is 7.89. The second-order valence-electron chi connectivity index (χ2n) is 8.27. The van der Waals surface area contributed by atoms with Crippen LogP contribution >= 0.6 is 0 Å². The van der Waals surface area contributed by atoms with Crippen LogP contribution in [0.25, 0.3) is 0 Å². The van der Waals surface area contributed by atoms with Gasteiger partial charge in [-0.15, -0.1) is 0 Å². The molecule has 1 aromatic carbocycles. The number of nitrogens with zero attached hydrogens (tertiary/aromatic N) is 4. The Hall–Kier alpha value is -2.96. The zero-order valence-electron chi connectivity index (χ0n) is 19.6. The number of sulfonamides is 1. The number of pyridine rings is 1. The largest absolute Gasteiger partial charge is 0.357 e. The van der Waals surface area contributed by atoms with Gasteiger partial charge in [-0.3, -0.25) is 4.79 Å². The number of benzene rings is 1. The van der Waals surface area contributed by atoms with Gasteiger partial charge in [0.05, 0.1) is 10.5 Å². The number of hydrogen-bond acceptors (Lipinski definition) is 6. The summed E-state index contributed by atoms with van der Waals surface area (Å²) in [5, 5.41) is 11.9. The lowest BCUT2D eigenvalue weighted by atomic mass is 9.95. The van der Waals surface area contributed by atoms with Crippen molar-refractivity contribution in [3.8, 4) is 6.07 Å². The molecule has 1 aromatic heterocycles. The van der Waals surface area contributed by atoms with Crippen molar-refractivity contribution in [1.29, 1.82) is 5.26 Å². The average Bonchev–Trinajstić information content (AvgIpc) is 2.82. The molecule has 1 saturated heterocycles. The molecule has 0 atom stereocenters. The minimum Gasteiger partial charge on any atom is -0.357 e. The Morgan fingerprint density at radius 2 is 1.88 bits per heavy atom. The summed E-state index contributed by atoms with van der Waals surface area (Å²) in [7, 11) is -3.62. The van der Waals surface area contributed by atoms with E-state index >= 15 is 0 Å². The number of carbonyl (C=O) groups is 1. The Balaban J connectivity index is 1.71. The summed E-state index contributed by atoms with van der Waals surface area (Å²) in [5.74, 6) is 0.540. The van der Waals surface area contributed by atoms with Crippen LogP contribution in [0, 0.1) is 31.1 Å². The summed E-state index contributed by atoms with van der Waals surface area (Å²) in [6.45, 7) is 9.51. The van der Waals surface area contributed by atoms with Crippen molar-refractivity contribution < 1.29 is 13.2 Å². The van der Waals surface area contributed by atoms with Crippen molar-refractivity contribution in [2.24, 2.45) is 5.92 Å². The summed E-state index contributed by atoms with van der Waals surface area (Å²) in [5.41, 5.74) is 2.74. The number of nitrogens with one attached hydrogen (secondary N) is 1. The van der Waals surface area contributed by atoms with E-state index in [0.29, 0.717) is 50.3 Å². The zero-order chi connectivity index (χ0) is 24.2. The lowest BCUT2D eigenvalue weighted by Crippen LogP contribution is -2.38. The molecule has 0 aliphatic carbocycles. The first-order chi connectivity index (χ1) is 15.7. The lowest BCUT2D eigenvalue weighted by molar-refractivity contribution is -0.120. The Morgan fingerprint density at radius 3 is 2.42 bits per heavy atom.